The molecule has 1 N–H and O–H groups in total. The molecule has 4 heteroatoms. The lowest BCUT2D eigenvalue weighted by Gasteiger charge is -2.32. The molecule has 2 fully saturated rings. The molecule has 0 bridgehead atoms. The topological polar surface area (TPSA) is 41.9 Å². The molecule has 0 spiro atoms. The van der Waals surface area contributed by atoms with E-state index in [2.05, 4.69) is 18.7 Å². The van der Waals surface area contributed by atoms with Crippen molar-refractivity contribution in [1.29, 1.82) is 0 Å². The Hall–Kier alpha value is -0.160. The number of nitrogens with zero attached hydrogens (tertiary/aromatic N) is 1. The third-order valence-electron chi connectivity index (χ3n) is 6.16. The van der Waals surface area contributed by atoms with Gasteiger partial charge in [-0.2, -0.15) is 0 Å². The van der Waals surface area contributed by atoms with Gasteiger partial charge in [0.15, 0.2) is 0 Å². The Morgan fingerprint density at radius 1 is 0.731 bits per heavy atom. The molecule has 2 unspecified atom stereocenters. The summed E-state index contributed by atoms with van der Waals surface area (Å²) in [5.74, 6) is 0. The summed E-state index contributed by atoms with van der Waals surface area (Å²) in [5.41, 5.74) is -0.278. The Bertz CT molecular complexity index is 335. The molecule has 2 rings (SSSR count). The lowest BCUT2D eigenvalue weighted by atomic mass is 10.0. The Labute approximate surface area is 161 Å². The van der Waals surface area contributed by atoms with E-state index in [-0.39, 0.29) is 24.6 Å². The van der Waals surface area contributed by atoms with Crippen molar-refractivity contribution in [1.82, 2.24) is 4.90 Å². The second-order valence-corrected chi connectivity index (χ2v) is 8.43. The third kappa shape index (κ3) is 6.19. The van der Waals surface area contributed by atoms with Gasteiger partial charge in [-0.15, -0.1) is 0 Å². The number of hydrogen-bond acceptors (Lipinski definition) is 4. The predicted octanol–water partition coefficient (Wildman–Crippen LogP) is 5.23. The minimum absolute atomic E-state index is 0.140. The van der Waals surface area contributed by atoms with Gasteiger partial charge in [0, 0.05) is 0 Å². The molecule has 0 radical (unpaired) electrons. The normalized spacial score (nSPS) is 28.7. The summed E-state index contributed by atoms with van der Waals surface area (Å²) in [6.07, 6.45) is 18.2. The fourth-order valence-corrected chi connectivity index (χ4v) is 4.47. The molecule has 0 amide bonds. The second kappa shape index (κ2) is 12.3. The highest BCUT2D eigenvalue weighted by Crippen LogP contribution is 2.39. The molecular formula is C22H43NO3. The number of unbranched alkanes of at least 4 members (excludes halogenated alkanes) is 10. The third-order valence-corrected chi connectivity index (χ3v) is 6.16. The van der Waals surface area contributed by atoms with Crippen molar-refractivity contribution in [3.05, 3.63) is 0 Å². The van der Waals surface area contributed by atoms with E-state index in [1.54, 1.807) is 0 Å². The molecule has 154 valence electrons. The number of rotatable bonds is 15. The number of ether oxygens (including phenoxy) is 2. The lowest BCUT2D eigenvalue weighted by Crippen LogP contribution is -2.51. The van der Waals surface area contributed by atoms with E-state index < -0.39 is 0 Å². The maximum absolute atomic E-state index is 10.00. The van der Waals surface area contributed by atoms with E-state index in [0.717, 1.165) is 12.8 Å². The molecule has 0 aromatic carbocycles. The standard InChI is InChI=1S/C22H43NO3/c1-3-5-7-9-11-13-15-20-23-21(16-14-12-10-8-6-4-2)26-19-22(23,17-24)18-25-20/h20-21,24H,3-19H2,1-2H3. The van der Waals surface area contributed by atoms with Crippen LogP contribution in [0.15, 0.2) is 0 Å². The van der Waals surface area contributed by atoms with Crippen molar-refractivity contribution < 1.29 is 14.6 Å². The van der Waals surface area contributed by atoms with Crippen molar-refractivity contribution >= 4 is 0 Å². The SMILES string of the molecule is CCCCCCCCC1OCC2(CO)COC(CCCCCCCC)N12. The van der Waals surface area contributed by atoms with Gasteiger partial charge in [-0.25, -0.2) is 4.90 Å². The first-order chi connectivity index (χ1) is 12.8. The summed E-state index contributed by atoms with van der Waals surface area (Å²) in [5, 5.41) is 10.00. The predicted molar refractivity (Wildman–Crippen MR) is 107 cm³/mol. The van der Waals surface area contributed by atoms with Crippen molar-refractivity contribution in [3.63, 3.8) is 0 Å². The summed E-state index contributed by atoms with van der Waals surface area (Å²) in [6, 6.07) is 0. The smallest absolute Gasteiger partial charge is 0.113 e. The molecule has 0 aliphatic carbocycles. The average molecular weight is 370 g/mol. The number of hydrogen-bond donors (Lipinski definition) is 1. The van der Waals surface area contributed by atoms with E-state index in [9.17, 15) is 5.11 Å². The summed E-state index contributed by atoms with van der Waals surface area (Å²) in [4.78, 5) is 2.39. The molecule has 26 heavy (non-hydrogen) atoms. The van der Waals surface area contributed by atoms with Crippen LogP contribution >= 0.6 is 0 Å². The maximum atomic E-state index is 10.00. The summed E-state index contributed by atoms with van der Waals surface area (Å²) in [6.45, 7) is 5.91. The first-order valence-corrected chi connectivity index (χ1v) is 11.4. The molecule has 4 nitrogen and oxygen atoms in total. The van der Waals surface area contributed by atoms with Crippen molar-refractivity contribution in [3.8, 4) is 0 Å². The highest BCUT2D eigenvalue weighted by molar-refractivity contribution is 5.01. The molecule has 2 aliphatic rings. The second-order valence-electron chi connectivity index (χ2n) is 8.43. The molecule has 0 aromatic heterocycles. The minimum atomic E-state index is -0.278. The molecule has 0 aromatic rings. The summed E-state index contributed by atoms with van der Waals surface area (Å²) < 4.78 is 12.2. The van der Waals surface area contributed by atoms with Gasteiger partial charge < -0.3 is 14.6 Å². The van der Waals surface area contributed by atoms with Crippen molar-refractivity contribution in [2.75, 3.05) is 19.8 Å². The zero-order valence-electron chi connectivity index (χ0n) is 17.4. The van der Waals surface area contributed by atoms with E-state index in [0.29, 0.717) is 13.2 Å². The first kappa shape index (κ1) is 22.1. The van der Waals surface area contributed by atoms with Gasteiger partial charge in [0.2, 0.25) is 0 Å². The zero-order chi connectivity index (χ0) is 18.7. The van der Waals surface area contributed by atoms with Crippen molar-refractivity contribution in [2.45, 2.75) is 122 Å². The van der Waals surface area contributed by atoms with Gasteiger partial charge in [0.05, 0.1) is 25.4 Å². The van der Waals surface area contributed by atoms with Crippen LogP contribution in [-0.2, 0) is 9.47 Å². The first-order valence-electron chi connectivity index (χ1n) is 11.4. The average Bonchev–Trinajstić information content (AvgIpc) is 3.19. The lowest BCUT2D eigenvalue weighted by molar-refractivity contribution is -0.0666. The Balaban J connectivity index is 1.73. The molecule has 2 saturated heterocycles. The highest BCUT2D eigenvalue weighted by atomic mass is 16.6. The van der Waals surface area contributed by atoms with Gasteiger partial charge in [0.1, 0.15) is 12.5 Å². The number of aliphatic hydroxyl groups excluding tert-OH is 1. The van der Waals surface area contributed by atoms with Crippen LogP contribution < -0.4 is 0 Å². The quantitative estimate of drug-likeness (QED) is 0.401. The van der Waals surface area contributed by atoms with E-state index in [1.165, 1.54) is 77.0 Å². The molecule has 2 heterocycles. The number of aliphatic hydroxyl groups is 1. The molecule has 2 atom stereocenters. The maximum Gasteiger partial charge on any atom is 0.113 e. The highest BCUT2D eigenvalue weighted by Gasteiger charge is 2.54. The van der Waals surface area contributed by atoms with E-state index >= 15 is 0 Å². The van der Waals surface area contributed by atoms with E-state index in [1.807, 2.05) is 0 Å². The summed E-state index contributed by atoms with van der Waals surface area (Å²) in [7, 11) is 0. The van der Waals surface area contributed by atoms with Crippen LogP contribution in [0.2, 0.25) is 0 Å². The van der Waals surface area contributed by atoms with Gasteiger partial charge in [0.25, 0.3) is 0 Å². The molecular weight excluding hydrogens is 326 g/mol. The fourth-order valence-electron chi connectivity index (χ4n) is 4.47. The van der Waals surface area contributed by atoms with Crippen LogP contribution in [-0.4, -0.2) is 47.8 Å². The largest absolute Gasteiger partial charge is 0.394 e. The molecule has 2 aliphatic heterocycles. The van der Waals surface area contributed by atoms with Crippen LogP contribution in [0, 0.1) is 0 Å². The Morgan fingerprint density at radius 2 is 1.15 bits per heavy atom. The van der Waals surface area contributed by atoms with Crippen LogP contribution in [0.25, 0.3) is 0 Å². The van der Waals surface area contributed by atoms with Gasteiger partial charge >= 0.3 is 0 Å². The fraction of sp³-hybridized carbons (Fsp3) is 1.00. The van der Waals surface area contributed by atoms with Crippen molar-refractivity contribution in [2.24, 2.45) is 0 Å². The Kier molecular flexibility index (Phi) is 10.5. The monoisotopic (exact) mass is 369 g/mol. The summed E-state index contributed by atoms with van der Waals surface area (Å²) >= 11 is 0. The van der Waals surface area contributed by atoms with Gasteiger partial charge in [-0.3, -0.25) is 0 Å². The van der Waals surface area contributed by atoms with Crippen LogP contribution in [0.4, 0.5) is 0 Å². The van der Waals surface area contributed by atoms with Crippen LogP contribution in [0.1, 0.15) is 104 Å². The van der Waals surface area contributed by atoms with Gasteiger partial charge in [-0.1, -0.05) is 78.1 Å². The molecule has 0 saturated carbocycles. The Morgan fingerprint density at radius 3 is 1.58 bits per heavy atom. The minimum Gasteiger partial charge on any atom is -0.394 e. The van der Waals surface area contributed by atoms with Crippen LogP contribution in [0.5, 0.6) is 0 Å². The van der Waals surface area contributed by atoms with Crippen LogP contribution in [0.3, 0.4) is 0 Å². The van der Waals surface area contributed by atoms with Gasteiger partial charge in [-0.05, 0) is 25.7 Å². The number of fused-ring (bicyclic) bond motifs is 1. The van der Waals surface area contributed by atoms with E-state index in [4.69, 9.17) is 9.47 Å². The zero-order valence-corrected chi connectivity index (χ0v) is 17.4.